The van der Waals surface area contributed by atoms with Gasteiger partial charge < -0.3 is 8.92 Å². The van der Waals surface area contributed by atoms with Crippen LogP contribution in [0.15, 0.2) is 11.8 Å². The zero-order valence-corrected chi connectivity index (χ0v) is 11.3. The summed E-state index contributed by atoms with van der Waals surface area (Å²) >= 11 is 0. The minimum Gasteiger partial charge on any atom is -0.468 e. The average Bonchev–Trinajstić information content (AvgIpc) is 2.50. The van der Waals surface area contributed by atoms with Crippen LogP contribution in [0.4, 0.5) is 13.2 Å². The van der Waals surface area contributed by atoms with Crippen molar-refractivity contribution in [3.8, 4) is 0 Å². The third-order valence-corrected chi connectivity index (χ3v) is 3.56. The predicted molar refractivity (Wildman–Crippen MR) is 58.0 cm³/mol. The first-order valence-electron chi connectivity index (χ1n) is 5.21. The zero-order valence-electron chi connectivity index (χ0n) is 10.4. The van der Waals surface area contributed by atoms with Gasteiger partial charge in [0, 0.05) is 0 Å². The number of rotatable bonds is 3. The summed E-state index contributed by atoms with van der Waals surface area (Å²) in [6.45, 7) is 3.28. The van der Waals surface area contributed by atoms with Gasteiger partial charge in [-0.05, 0) is 17.9 Å². The number of alkyl halides is 3. The summed E-state index contributed by atoms with van der Waals surface area (Å²) in [5, 5.41) is 0. The Hall–Kier alpha value is -1.25. The molecule has 9 heteroatoms. The maximum Gasteiger partial charge on any atom is 0.534 e. The Morgan fingerprint density at radius 2 is 1.95 bits per heavy atom. The molecule has 19 heavy (non-hydrogen) atoms. The summed E-state index contributed by atoms with van der Waals surface area (Å²) in [4.78, 5) is 11.4. The minimum absolute atomic E-state index is 0.113. The van der Waals surface area contributed by atoms with Crippen molar-refractivity contribution < 1.29 is 35.3 Å². The fraction of sp³-hybridized carbons (Fsp3) is 0.700. The Balaban J connectivity index is 3.07. The van der Waals surface area contributed by atoms with Crippen LogP contribution in [-0.2, 0) is 23.8 Å². The number of ether oxygens (including phenoxy) is 1. The van der Waals surface area contributed by atoms with Crippen molar-refractivity contribution in [2.24, 2.45) is 11.3 Å². The second-order valence-corrected chi connectivity index (χ2v) is 6.34. The van der Waals surface area contributed by atoms with E-state index in [4.69, 9.17) is 0 Å². The van der Waals surface area contributed by atoms with Crippen LogP contribution in [0.25, 0.3) is 0 Å². The molecule has 0 bridgehead atoms. The van der Waals surface area contributed by atoms with Gasteiger partial charge in [0.25, 0.3) is 0 Å². The highest BCUT2D eigenvalue weighted by Crippen LogP contribution is 2.42. The van der Waals surface area contributed by atoms with Gasteiger partial charge in [-0.3, -0.25) is 4.79 Å². The molecule has 1 unspecified atom stereocenters. The van der Waals surface area contributed by atoms with Crippen LogP contribution >= 0.6 is 0 Å². The van der Waals surface area contributed by atoms with Crippen molar-refractivity contribution in [3.05, 3.63) is 11.8 Å². The molecule has 0 saturated carbocycles. The standard InChI is InChI=1S/C10H13F3O5S/c1-9(2)4-6(8(14)17-3)7(5-9)18-19(15,16)10(11,12)13/h5-6H,4H2,1-3H3. The molecule has 0 N–H and O–H groups in total. The third kappa shape index (κ3) is 3.40. The van der Waals surface area contributed by atoms with Crippen LogP contribution in [-0.4, -0.2) is 27.0 Å². The lowest BCUT2D eigenvalue weighted by Gasteiger charge is -2.16. The maximum atomic E-state index is 12.2. The quantitative estimate of drug-likeness (QED) is 0.453. The Labute approximate surface area is 108 Å². The molecule has 1 rings (SSSR count). The first-order valence-corrected chi connectivity index (χ1v) is 6.62. The monoisotopic (exact) mass is 302 g/mol. The number of halogens is 3. The van der Waals surface area contributed by atoms with Crippen molar-refractivity contribution in [2.45, 2.75) is 25.8 Å². The van der Waals surface area contributed by atoms with Crippen LogP contribution in [0.1, 0.15) is 20.3 Å². The van der Waals surface area contributed by atoms with Gasteiger partial charge in [0.2, 0.25) is 0 Å². The lowest BCUT2D eigenvalue weighted by atomic mass is 9.90. The van der Waals surface area contributed by atoms with Crippen LogP contribution in [0.2, 0.25) is 0 Å². The second-order valence-electron chi connectivity index (χ2n) is 4.80. The molecule has 5 nitrogen and oxygen atoms in total. The smallest absolute Gasteiger partial charge is 0.468 e. The van der Waals surface area contributed by atoms with E-state index in [1.54, 1.807) is 13.8 Å². The van der Waals surface area contributed by atoms with Gasteiger partial charge in [0.05, 0.1) is 7.11 Å². The molecule has 1 aliphatic rings. The van der Waals surface area contributed by atoms with Crippen LogP contribution in [0, 0.1) is 11.3 Å². The summed E-state index contributed by atoms with van der Waals surface area (Å²) < 4.78 is 67.0. The molecular formula is C10H13F3O5S. The average molecular weight is 302 g/mol. The minimum atomic E-state index is -5.78. The van der Waals surface area contributed by atoms with Gasteiger partial charge in [0.15, 0.2) is 0 Å². The van der Waals surface area contributed by atoms with E-state index < -0.39 is 38.7 Å². The maximum absolute atomic E-state index is 12.2. The Morgan fingerprint density at radius 1 is 1.42 bits per heavy atom. The normalized spacial score (nSPS) is 22.8. The van der Waals surface area contributed by atoms with Crippen molar-refractivity contribution in [3.63, 3.8) is 0 Å². The van der Waals surface area contributed by atoms with Gasteiger partial charge in [-0.1, -0.05) is 13.8 Å². The molecule has 0 heterocycles. The number of allylic oxidation sites excluding steroid dienone is 1. The Kier molecular flexibility index (Phi) is 3.91. The molecular weight excluding hydrogens is 289 g/mol. The highest BCUT2D eigenvalue weighted by molar-refractivity contribution is 7.87. The lowest BCUT2D eigenvalue weighted by molar-refractivity contribution is -0.145. The summed E-state index contributed by atoms with van der Waals surface area (Å²) in [7, 11) is -4.72. The summed E-state index contributed by atoms with van der Waals surface area (Å²) in [5.74, 6) is -2.54. The molecule has 0 fully saturated rings. The molecule has 0 spiro atoms. The second kappa shape index (κ2) is 4.69. The van der Waals surface area contributed by atoms with E-state index in [1.165, 1.54) is 6.08 Å². The highest BCUT2D eigenvalue weighted by atomic mass is 32.2. The van der Waals surface area contributed by atoms with Gasteiger partial charge in [-0.25, -0.2) is 0 Å². The first kappa shape index (κ1) is 15.8. The van der Waals surface area contributed by atoms with Crippen molar-refractivity contribution in [1.29, 1.82) is 0 Å². The van der Waals surface area contributed by atoms with Crippen LogP contribution in [0.3, 0.4) is 0 Å². The van der Waals surface area contributed by atoms with Crippen molar-refractivity contribution in [2.75, 3.05) is 7.11 Å². The number of methoxy groups -OCH3 is 1. The SMILES string of the molecule is COC(=O)C1CC(C)(C)C=C1OS(=O)(=O)C(F)(F)F. The molecule has 0 aromatic carbocycles. The largest absolute Gasteiger partial charge is 0.534 e. The molecule has 1 aliphatic carbocycles. The number of hydrogen-bond donors (Lipinski definition) is 0. The van der Waals surface area contributed by atoms with Crippen molar-refractivity contribution in [1.82, 2.24) is 0 Å². The summed E-state index contributed by atoms with van der Waals surface area (Å²) in [6, 6.07) is 0. The fourth-order valence-corrected chi connectivity index (χ4v) is 2.28. The van der Waals surface area contributed by atoms with E-state index in [2.05, 4.69) is 8.92 Å². The molecule has 0 saturated heterocycles. The Morgan fingerprint density at radius 3 is 2.37 bits per heavy atom. The third-order valence-electron chi connectivity index (χ3n) is 2.58. The summed E-state index contributed by atoms with van der Waals surface area (Å²) in [5.41, 5.74) is -6.20. The van der Waals surface area contributed by atoms with E-state index in [1.807, 2.05) is 0 Å². The van der Waals surface area contributed by atoms with E-state index in [9.17, 15) is 26.4 Å². The first-order chi connectivity index (χ1) is 8.39. The number of hydrogen-bond acceptors (Lipinski definition) is 5. The molecule has 0 aromatic heterocycles. The van der Waals surface area contributed by atoms with Gasteiger partial charge >= 0.3 is 21.6 Å². The fourth-order valence-electron chi connectivity index (χ4n) is 1.77. The molecule has 1 atom stereocenters. The summed E-state index contributed by atoms with van der Waals surface area (Å²) in [6.07, 6.45) is 1.31. The molecule has 110 valence electrons. The van der Waals surface area contributed by atoms with E-state index >= 15 is 0 Å². The van der Waals surface area contributed by atoms with E-state index in [-0.39, 0.29) is 6.42 Å². The number of esters is 1. The van der Waals surface area contributed by atoms with E-state index in [0.717, 1.165) is 7.11 Å². The van der Waals surface area contributed by atoms with Gasteiger partial charge in [-0.2, -0.15) is 21.6 Å². The van der Waals surface area contributed by atoms with Crippen LogP contribution in [0.5, 0.6) is 0 Å². The topological polar surface area (TPSA) is 69.7 Å². The lowest BCUT2D eigenvalue weighted by Crippen LogP contribution is -2.28. The molecule has 0 amide bonds. The number of carbonyl (C=O) groups is 1. The van der Waals surface area contributed by atoms with E-state index in [0.29, 0.717) is 0 Å². The molecule has 0 aromatic rings. The number of carbonyl (C=O) groups excluding carboxylic acids is 1. The molecule has 0 radical (unpaired) electrons. The zero-order chi connectivity index (χ0) is 15.1. The Bertz CT molecular complexity index is 504. The predicted octanol–water partition coefficient (Wildman–Crippen LogP) is 1.96. The highest BCUT2D eigenvalue weighted by Gasteiger charge is 2.51. The van der Waals surface area contributed by atoms with Crippen LogP contribution < -0.4 is 0 Å². The van der Waals surface area contributed by atoms with Crippen molar-refractivity contribution >= 4 is 16.1 Å². The van der Waals surface area contributed by atoms with Gasteiger partial charge in [-0.15, -0.1) is 0 Å². The van der Waals surface area contributed by atoms with Gasteiger partial charge in [0.1, 0.15) is 11.7 Å². The molecule has 0 aliphatic heterocycles.